The standard InChI is InChI=1S/C17H17N3O2S/c1-19(22-2)17(21)13-6-8-15(9-7-13)23-12-14-11-20-10-4-3-5-16(20)18-14/h3-11H,12H2,1-2H3. The molecule has 0 unspecified atom stereocenters. The number of hydrogen-bond acceptors (Lipinski definition) is 4. The van der Waals surface area contributed by atoms with Crippen LogP contribution in [0.5, 0.6) is 0 Å². The molecule has 0 fully saturated rings. The molecule has 0 saturated carbocycles. The van der Waals surface area contributed by atoms with Crippen LogP contribution >= 0.6 is 11.8 Å². The summed E-state index contributed by atoms with van der Waals surface area (Å²) in [5.41, 5.74) is 2.58. The van der Waals surface area contributed by atoms with Crippen molar-refractivity contribution in [2.24, 2.45) is 0 Å². The monoisotopic (exact) mass is 327 g/mol. The molecule has 5 nitrogen and oxygen atoms in total. The van der Waals surface area contributed by atoms with Crippen molar-refractivity contribution < 1.29 is 9.63 Å². The van der Waals surface area contributed by atoms with Gasteiger partial charge < -0.3 is 4.40 Å². The number of carbonyl (C=O) groups is 1. The van der Waals surface area contributed by atoms with E-state index in [4.69, 9.17) is 4.84 Å². The summed E-state index contributed by atoms with van der Waals surface area (Å²) in [6, 6.07) is 13.5. The lowest BCUT2D eigenvalue weighted by Gasteiger charge is -2.13. The van der Waals surface area contributed by atoms with Crippen LogP contribution in [-0.2, 0) is 10.6 Å². The fraction of sp³-hybridized carbons (Fsp3) is 0.176. The molecule has 0 N–H and O–H groups in total. The van der Waals surface area contributed by atoms with Crippen LogP contribution in [0.2, 0.25) is 0 Å². The van der Waals surface area contributed by atoms with Gasteiger partial charge >= 0.3 is 0 Å². The van der Waals surface area contributed by atoms with Crippen molar-refractivity contribution in [3.8, 4) is 0 Å². The normalized spacial score (nSPS) is 10.9. The zero-order chi connectivity index (χ0) is 16.2. The van der Waals surface area contributed by atoms with Gasteiger partial charge in [-0.15, -0.1) is 11.8 Å². The van der Waals surface area contributed by atoms with E-state index < -0.39 is 0 Å². The zero-order valence-corrected chi connectivity index (χ0v) is 13.8. The van der Waals surface area contributed by atoms with Crippen LogP contribution < -0.4 is 0 Å². The van der Waals surface area contributed by atoms with Gasteiger partial charge in [-0.1, -0.05) is 6.07 Å². The number of nitrogens with zero attached hydrogens (tertiary/aromatic N) is 3. The highest BCUT2D eigenvalue weighted by Gasteiger charge is 2.11. The summed E-state index contributed by atoms with van der Waals surface area (Å²) in [5.74, 6) is 0.622. The fourth-order valence-electron chi connectivity index (χ4n) is 2.17. The maximum absolute atomic E-state index is 11.9. The van der Waals surface area contributed by atoms with Gasteiger partial charge in [0.1, 0.15) is 5.65 Å². The Bertz CT molecular complexity index is 781. The first-order chi connectivity index (χ1) is 11.2. The van der Waals surface area contributed by atoms with Gasteiger partial charge in [-0.2, -0.15) is 0 Å². The molecular weight excluding hydrogens is 310 g/mol. The van der Waals surface area contributed by atoms with E-state index in [1.807, 2.05) is 59.3 Å². The second-order valence-corrected chi connectivity index (χ2v) is 6.05. The molecule has 2 heterocycles. The Balaban J connectivity index is 1.65. The lowest BCUT2D eigenvalue weighted by Crippen LogP contribution is -2.25. The zero-order valence-electron chi connectivity index (χ0n) is 13.0. The van der Waals surface area contributed by atoms with Gasteiger partial charge in [0.05, 0.1) is 12.8 Å². The quantitative estimate of drug-likeness (QED) is 0.533. The average molecular weight is 327 g/mol. The first-order valence-corrected chi connectivity index (χ1v) is 8.13. The fourth-order valence-corrected chi connectivity index (χ4v) is 2.95. The number of fused-ring (bicyclic) bond motifs is 1. The third-order valence-electron chi connectivity index (χ3n) is 3.46. The van der Waals surface area contributed by atoms with Crippen LogP contribution in [0.25, 0.3) is 5.65 Å². The molecule has 118 valence electrons. The van der Waals surface area contributed by atoms with Gasteiger partial charge in [0, 0.05) is 35.7 Å². The van der Waals surface area contributed by atoms with Crippen molar-refractivity contribution in [3.05, 3.63) is 66.1 Å². The maximum Gasteiger partial charge on any atom is 0.277 e. The summed E-state index contributed by atoms with van der Waals surface area (Å²) in [7, 11) is 3.06. The van der Waals surface area contributed by atoms with Crippen LogP contribution in [0.3, 0.4) is 0 Å². The maximum atomic E-state index is 11.9. The molecule has 0 aliphatic rings. The van der Waals surface area contributed by atoms with Crippen molar-refractivity contribution in [1.82, 2.24) is 14.4 Å². The molecular formula is C17H17N3O2S. The molecule has 23 heavy (non-hydrogen) atoms. The van der Waals surface area contributed by atoms with E-state index >= 15 is 0 Å². The summed E-state index contributed by atoms with van der Waals surface area (Å²) < 4.78 is 2.01. The molecule has 3 aromatic rings. The minimum Gasteiger partial charge on any atom is -0.307 e. The summed E-state index contributed by atoms with van der Waals surface area (Å²) in [4.78, 5) is 22.5. The lowest BCUT2D eigenvalue weighted by molar-refractivity contribution is -0.0757. The SMILES string of the molecule is CON(C)C(=O)c1ccc(SCc2cn3ccccc3n2)cc1. The largest absolute Gasteiger partial charge is 0.307 e. The van der Waals surface area contributed by atoms with Crippen molar-refractivity contribution in [2.45, 2.75) is 10.6 Å². The van der Waals surface area contributed by atoms with Gasteiger partial charge in [0.2, 0.25) is 0 Å². The number of amides is 1. The highest BCUT2D eigenvalue weighted by molar-refractivity contribution is 7.98. The lowest BCUT2D eigenvalue weighted by atomic mass is 10.2. The van der Waals surface area contributed by atoms with E-state index in [0.29, 0.717) is 5.56 Å². The van der Waals surface area contributed by atoms with Crippen LogP contribution in [0.1, 0.15) is 16.1 Å². The van der Waals surface area contributed by atoms with E-state index in [1.165, 1.54) is 12.2 Å². The predicted octanol–water partition coefficient (Wildman–Crippen LogP) is 3.26. The number of aromatic nitrogens is 2. The summed E-state index contributed by atoms with van der Waals surface area (Å²) in [6.07, 6.45) is 4.02. The number of hydrogen-bond donors (Lipinski definition) is 0. The summed E-state index contributed by atoms with van der Waals surface area (Å²) in [5, 5.41) is 1.21. The Morgan fingerprint density at radius 3 is 2.74 bits per heavy atom. The smallest absolute Gasteiger partial charge is 0.277 e. The number of carbonyl (C=O) groups excluding carboxylic acids is 1. The predicted molar refractivity (Wildman–Crippen MR) is 90.3 cm³/mol. The number of imidazole rings is 1. The van der Waals surface area contributed by atoms with Gasteiger partial charge in [0.15, 0.2) is 0 Å². The van der Waals surface area contributed by atoms with Crippen molar-refractivity contribution in [1.29, 1.82) is 0 Å². The topological polar surface area (TPSA) is 46.8 Å². The Hall–Kier alpha value is -2.31. The number of pyridine rings is 1. The van der Waals surface area contributed by atoms with Gasteiger partial charge in [-0.05, 0) is 36.4 Å². The van der Waals surface area contributed by atoms with Crippen LogP contribution in [0.15, 0.2) is 59.8 Å². The molecule has 1 aromatic carbocycles. The molecule has 0 bridgehead atoms. The molecule has 0 radical (unpaired) electrons. The second-order valence-electron chi connectivity index (χ2n) is 5.00. The third kappa shape index (κ3) is 3.55. The van der Waals surface area contributed by atoms with E-state index in [9.17, 15) is 4.79 Å². The average Bonchev–Trinajstić information content (AvgIpc) is 3.02. The number of benzene rings is 1. The molecule has 0 aliphatic carbocycles. The van der Waals surface area contributed by atoms with E-state index in [0.717, 1.165) is 22.0 Å². The van der Waals surface area contributed by atoms with Crippen LogP contribution in [0.4, 0.5) is 0 Å². The summed E-state index contributed by atoms with van der Waals surface area (Å²) in [6.45, 7) is 0. The number of hydroxylamine groups is 2. The summed E-state index contributed by atoms with van der Waals surface area (Å²) >= 11 is 1.69. The Labute approximate surface area is 138 Å². The first-order valence-electron chi connectivity index (χ1n) is 7.15. The Morgan fingerprint density at radius 1 is 1.26 bits per heavy atom. The minimum atomic E-state index is -0.163. The van der Waals surface area contributed by atoms with Crippen LogP contribution in [0, 0.1) is 0 Å². The van der Waals surface area contributed by atoms with Gasteiger partial charge in [-0.3, -0.25) is 9.63 Å². The van der Waals surface area contributed by atoms with E-state index in [1.54, 1.807) is 18.8 Å². The molecule has 6 heteroatoms. The first kappa shape index (κ1) is 15.6. The molecule has 0 atom stereocenters. The highest BCUT2D eigenvalue weighted by Crippen LogP contribution is 2.23. The molecule has 0 saturated heterocycles. The molecule has 2 aromatic heterocycles. The van der Waals surface area contributed by atoms with E-state index in [2.05, 4.69) is 4.98 Å². The van der Waals surface area contributed by atoms with Gasteiger partial charge in [0.25, 0.3) is 5.91 Å². The molecule has 3 rings (SSSR count). The van der Waals surface area contributed by atoms with Crippen molar-refractivity contribution >= 4 is 23.3 Å². The van der Waals surface area contributed by atoms with Crippen molar-refractivity contribution in [2.75, 3.05) is 14.2 Å². The molecule has 0 spiro atoms. The van der Waals surface area contributed by atoms with E-state index in [-0.39, 0.29) is 5.91 Å². The third-order valence-corrected chi connectivity index (χ3v) is 4.51. The minimum absolute atomic E-state index is 0.163. The Kier molecular flexibility index (Phi) is 4.64. The number of rotatable bonds is 5. The molecule has 1 amide bonds. The Morgan fingerprint density at radius 2 is 2.04 bits per heavy atom. The van der Waals surface area contributed by atoms with Crippen molar-refractivity contribution in [3.63, 3.8) is 0 Å². The number of thioether (sulfide) groups is 1. The van der Waals surface area contributed by atoms with Crippen LogP contribution in [-0.4, -0.2) is 34.5 Å². The highest BCUT2D eigenvalue weighted by atomic mass is 32.2. The van der Waals surface area contributed by atoms with Gasteiger partial charge in [-0.25, -0.2) is 10.0 Å². The second kappa shape index (κ2) is 6.85. The molecule has 0 aliphatic heterocycles.